The van der Waals surface area contributed by atoms with E-state index in [-0.39, 0.29) is 0 Å². The van der Waals surface area contributed by atoms with Gasteiger partial charge in [-0.1, -0.05) is 6.92 Å². The maximum absolute atomic E-state index is 5.82. The van der Waals surface area contributed by atoms with Gasteiger partial charge >= 0.3 is 0 Å². The highest BCUT2D eigenvalue weighted by molar-refractivity contribution is 4.87. The van der Waals surface area contributed by atoms with E-state index in [4.69, 9.17) is 5.73 Å². The van der Waals surface area contributed by atoms with E-state index in [1.54, 1.807) is 0 Å². The number of hydrogen-bond acceptors (Lipinski definition) is 2. The average molecular weight is 196 g/mol. The topological polar surface area (TPSA) is 29.3 Å². The molecule has 2 atom stereocenters. The molecule has 0 aromatic carbocycles. The third kappa shape index (κ3) is 2.12. The van der Waals surface area contributed by atoms with E-state index in [9.17, 15) is 0 Å². The highest BCUT2D eigenvalue weighted by atomic mass is 15.2. The molecule has 0 spiro atoms. The van der Waals surface area contributed by atoms with Crippen molar-refractivity contribution in [3.05, 3.63) is 0 Å². The third-order valence-corrected chi connectivity index (χ3v) is 4.27. The maximum atomic E-state index is 5.82. The molecule has 1 aliphatic carbocycles. The van der Waals surface area contributed by atoms with E-state index >= 15 is 0 Å². The van der Waals surface area contributed by atoms with Gasteiger partial charge in [0.1, 0.15) is 0 Å². The van der Waals surface area contributed by atoms with Crippen LogP contribution >= 0.6 is 0 Å². The first-order chi connectivity index (χ1) is 6.66. The van der Waals surface area contributed by atoms with E-state index in [2.05, 4.69) is 18.7 Å². The summed E-state index contributed by atoms with van der Waals surface area (Å²) >= 11 is 0. The molecular weight excluding hydrogens is 172 g/mol. The van der Waals surface area contributed by atoms with Crippen LogP contribution in [0.25, 0.3) is 0 Å². The van der Waals surface area contributed by atoms with E-state index in [0.29, 0.717) is 6.04 Å². The van der Waals surface area contributed by atoms with Gasteiger partial charge in [0.2, 0.25) is 0 Å². The van der Waals surface area contributed by atoms with Crippen molar-refractivity contribution in [2.75, 3.05) is 13.1 Å². The van der Waals surface area contributed by atoms with Crippen molar-refractivity contribution >= 4 is 0 Å². The van der Waals surface area contributed by atoms with Crippen molar-refractivity contribution in [1.82, 2.24) is 4.90 Å². The van der Waals surface area contributed by atoms with E-state index in [0.717, 1.165) is 17.9 Å². The second kappa shape index (κ2) is 4.19. The minimum atomic E-state index is 0.512. The van der Waals surface area contributed by atoms with Crippen molar-refractivity contribution < 1.29 is 0 Å². The van der Waals surface area contributed by atoms with Crippen LogP contribution in [0.1, 0.15) is 39.5 Å². The molecule has 1 saturated heterocycles. The molecular formula is C12H24N2. The van der Waals surface area contributed by atoms with Crippen molar-refractivity contribution in [3.63, 3.8) is 0 Å². The maximum Gasteiger partial charge on any atom is 0.00926 e. The number of hydrogen-bond donors (Lipinski definition) is 1. The first-order valence-electron chi connectivity index (χ1n) is 6.16. The average Bonchev–Trinajstić information content (AvgIpc) is 2.10. The van der Waals surface area contributed by atoms with Gasteiger partial charge in [-0.2, -0.15) is 0 Å². The summed E-state index contributed by atoms with van der Waals surface area (Å²) in [6, 6.07) is 1.30. The molecule has 0 bridgehead atoms. The molecule has 1 heterocycles. The van der Waals surface area contributed by atoms with E-state index in [1.165, 1.54) is 38.8 Å². The molecule has 1 aliphatic heterocycles. The summed E-state index contributed by atoms with van der Waals surface area (Å²) in [4.78, 5) is 2.69. The second-order valence-corrected chi connectivity index (χ2v) is 5.45. The van der Waals surface area contributed by atoms with Crippen molar-refractivity contribution in [3.8, 4) is 0 Å². The molecule has 1 saturated carbocycles. The Hall–Kier alpha value is -0.0800. The summed E-state index contributed by atoms with van der Waals surface area (Å²) in [6.45, 7) is 7.40. The predicted molar refractivity (Wildman–Crippen MR) is 60.1 cm³/mol. The molecule has 2 nitrogen and oxygen atoms in total. The first kappa shape index (κ1) is 10.4. The van der Waals surface area contributed by atoms with Crippen LogP contribution in [0.2, 0.25) is 0 Å². The molecule has 2 rings (SSSR count). The number of piperidine rings is 1. The molecule has 2 aliphatic rings. The number of likely N-dealkylation sites (tertiary alicyclic amines) is 1. The SMILES string of the molecule is CC1CCCN(CC2CC(N)C2)C1C. The van der Waals surface area contributed by atoms with Crippen LogP contribution in [0.15, 0.2) is 0 Å². The van der Waals surface area contributed by atoms with Gasteiger partial charge in [0, 0.05) is 18.6 Å². The normalized spacial score (nSPS) is 44.8. The van der Waals surface area contributed by atoms with Crippen LogP contribution in [-0.4, -0.2) is 30.1 Å². The molecule has 14 heavy (non-hydrogen) atoms. The van der Waals surface area contributed by atoms with Crippen LogP contribution in [-0.2, 0) is 0 Å². The summed E-state index contributed by atoms with van der Waals surface area (Å²) < 4.78 is 0. The fourth-order valence-corrected chi connectivity index (χ4v) is 2.95. The fraction of sp³-hybridized carbons (Fsp3) is 1.00. The van der Waals surface area contributed by atoms with Crippen LogP contribution in [0.4, 0.5) is 0 Å². The van der Waals surface area contributed by atoms with Gasteiger partial charge in [-0.25, -0.2) is 0 Å². The molecule has 2 heteroatoms. The lowest BCUT2D eigenvalue weighted by molar-refractivity contribution is 0.0713. The Bertz CT molecular complexity index is 187. The summed E-state index contributed by atoms with van der Waals surface area (Å²) in [7, 11) is 0. The van der Waals surface area contributed by atoms with Crippen LogP contribution < -0.4 is 5.73 Å². The fourth-order valence-electron chi connectivity index (χ4n) is 2.95. The molecule has 0 amide bonds. The van der Waals surface area contributed by atoms with E-state index < -0.39 is 0 Å². The van der Waals surface area contributed by atoms with Crippen molar-refractivity contribution in [2.45, 2.75) is 51.6 Å². The van der Waals surface area contributed by atoms with Gasteiger partial charge in [0.15, 0.2) is 0 Å². The molecule has 0 aromatic heterocycles. The van der Waals surface area contributed by atoms with Gasteiger partial charge in [0.05, 0.1) is 0 Å². The highest BCUT2D eigenvalue weighted by Gasteiger charge is 2.31. The summed E-state index contributed by atoms with van der Waals surface area (Å²) in [5.74, 6) is 1.79. The number of rotatable bonds is 2. The Morgan fingerprint density at radius 2 is 2.00 bits per heavy atom. The molecule has 0 radical (unpaired) electrons. The smallest absolute Gasteiger partial charge is 0.00926 e. The molecule has 82 valence electrons. The standard InChI is InChI=1S/C12H24N2/c1-9-4-3-5-14(10(9)2)8-11-6-12(13)7-11/h9-12H,3-8,13H2,1-2H3. The quantitative estimate of drug-likeness (QED) is 0.730. The van der Waals surface area contributed by atoms with Crippen LogP contribution in [0.3, 0.4) is 0 Å². The molecule has 2 unspecified atom stereocenters. The molecule has 2 N–H and O–H groups in total. The number of nitrogens with two attached hydrogens (primary N) is 1. The van der Waals surface area contributed by atoms with E-state index in [1.807, 2.05) is 0 Å². The number of nitrogens with zero attached hydrogens (tertiary/aromatic N) is 1. The Kier molecular flexibility index (Phi) is 3.13. The Morgan fingerprint density at radius 1 is 1.29 bits per heavy atom. The first-order valence-corrected chi connectivity index (χ1v) is 6.16. The zero-order chi connectivity index (χ0) is 10.1. The lowest BCUT2D eigenvalue weighted by Crippen LogP contribution is -2.49. The van der Waals surface area contributed by atoms with Crippen LogP contribution in [0, 0.1) is 11.8 Å². The predicted octanol–water partition coefficient (Wildman–Crippen LogP) is 1.84. The minimum absolute atomic E-state index is 0.512. The van der Waals surface area contributed by atoms with Crippen LogP contribution in [0.5, 0.6) is 0 Å². The largest absolute Gasteiger partial charge is 0.328 e. The highest BCUT2D eigenvalue weighted by Crippen LogP contribution is 2.30. The zero-order valence-corrected chi connectivity index (χ0v) is 9.58. The van der Waals surface area contributed by atoms with Gasteiger partial charge in [-0.3, -0.25) is 0 Å². The summed E-state index contributed by atoms with van der Waals surface area (Å²) in [5, 5.41) is 0. The summed E-state index contributed by atoms with van der Waals surface area (Å²) in [5.41, 5.74) is 5.82. The third-order valence-electron chi connectivity index (χ3n) is 4.27. The zero-order valence-electron chi connectivity index (χ0n) is 9.58. The summed E-state index contributed by atoms with van der Waals surface area (Å²) in [6.07, 6.45) is 5.33. The lowest BCUT2D eigenvalue weighted by Gasteiger charge is -2.43. The van der Waals surface area contributed by atoms with Gasteiger partial charge < -0.3 is 10.6 Å². The lowest BCUT2D eigenvalue weighted by atomic mass is 9.79. The Morgan fingerprint density at radius 3 is 2.64 bits per heavy atom. The monoisotopic (exact) mass is 196 g/mol. The van der Waals surface area contributed by atoms with Crippen molar-refractivity contribution in [1.29, 1.82) is 0 Å². The van der Waals surface area contributed by atoms with Gasteiger partial charge in [-0.15, -0.1) is 0 Å². The second-order valence-electron chi connectivity index (χ2n) is 5.45. The Balaban J connectivity index is 1.79. The Labute approximate surface area is 87.8 Å². The van der Waals surface area contributed by atoms with Gasteiger partial charge in [0.25, 0.3) is 0 Å². The minimum Gasteiger partial charge on any atom is -0.328 e. The molecule has 2 fully saturated rings. The molecule has 0 aromatic rings. The van der Waals surface area contributed by atoms with Crippen molar-refractivity contribution in [2.24, 2.45) is 17.6 Å². The van der Waals surface area contributed by atoms with Gasteiger partial charge in [-0.05, 0) is 51.0 Å².